The van der Waals surface area contributed by atoms with E-state index in [1.807, 2.05) is 12.1 Å². The summed E-state index contributed by atoms with van der Waals surface area (Å²) in [4.78, 5) is 35.6. The Morgan fingerprint density at radius 3 is 2.15 bits per heavy atom. The van der Waals surface area contributed by atoms with E-state index in [1.54, 1.807) is 48.3 Å². The lowest BCUT2D eigenvalue weighted by atomic mass is 10.1. The molecule has 0 heterocycles. The SMILES string of the molecule is CC(=O)NCc1ccc(C(=O)N(C)Cc2ccc(OCC(=O)O)cc2)cc1. The van der Waals surface area contributed by atoms with Crippen LogP contribution in [0.5, 0.6) is 5.75 Å². The highest BCUT2D eigenvalue weighted by Crippen LogP contribution is 2.15. The molecule has 0 radical (unpaired) electrons. The van der Waals surface area contributed by atoms with Crippen LogP contribution in [0, 0.1) is 0 Å². The molecule has 0 unspecified atom stereocenters. The van der Waals surface area contributed by atoms with Gasteiger partial charge in [0.1, 0.15) is 5.75 Å². The van der Waals surface area contributed by atoms with E-state index < -0.39 is 12.6 Å². The summed E-state index contributed by atoms with van der Waals surface area (Å²) in [5.74, 6) is -0.793. The van der Waals surface area contributed by atoms with Gasteiger partial charge in [0.25, 0.3) is 5.91 Å². The van der Waals surface area contributed by atoms with Crippen molar-refractivity contribution in [3.05, 3.63) is 65.2 Å². The molecule has 27 heavy (non-hydrogen) atoms. The number of carboxylic acids is 1. The van der Waals surface area contributed by atoms with Crippen LogP contribution in [0.4, 0.5) is 0 Å². The Balaban J connectivity index is 1.92. The predicted octanol–water partition coefficient (Wildman–Crippen LogP) is 2.06. The minimum atomic E-state index is -1.03. The van der Waals surface area contributed by atoms with Crippen molar-refractivity contribution in [1.82, 2.24) is 10.2 Å². The lowest BCUT2D eigenvalue weighted by Crippen LogP contribution is -2.26. The lowest BCUT2D eigenvalue weighted by Gasteiger charge is -2.18. The van der Waals surface area contributed by atoms with Gasteiger partial charge in [0.05, 0.1) is 0 Å². The number of nitrogens with one attached hydrogen (secondary N) is 1. The van der Waals surface area contributed by atoms with Crippen LogP contribution in [-0.2, 0) is 22.7 Å². The molecule has 7 nitrogen and oxygen atoms in total. The first-order valence-electron chi connectivity index (χ1n) is 8.37. The molecule has 0 fully saturated rings. The molecule has 0 bridgehead atoms. The van der Waals surface area contributed by atoms with Gasteiger partial charge in [-0.2, -0.15) is 0 Å². The van der Waals surface area contributed by atoms with Crippen LogP contribution in [0.2, 0.25) is 0 Å². The van der Waals surface area contributed by atoms with Gasteiger partial charge in [-0.1, -0.05) is 24.3 Å². The molecule has 142 valence electrons. The third-order valence-electron chi connectivity index (χ3n) is 3.79. The molecule has 0 aromatic heterocycles. The summed E-state index contributed by atoms with van der Waals surface area (Å²) >= 11 is 0. The molecule has 2 amide bonds. The standard InChI is InChI=1S/C20H22N2O5/c1-14(23)21-11-15-3-7-17(8-4-15)20(26)22(2)12-16-5-9-18(10-6-16)27-13-19(24)25/h3-10H,11-13H2,1-2H3,(H,21,23)(H,24,25). The Labute approximate surface area is 157 Å². The number of aliphatic carboxylic acids is 1. The first-order valence-corrected chi connectivity index (χ1v) is 8.37. The molecule has 0 spiro atoms. The Morgan fingerprint density at radius 2 is 1.59 bits per heavy atom. The summed E-state index contributed by atoms with van der Waals surface area (Å²) in [6, 6.07) is 14.0. The first kappa shape index (κ1) is 20.0. The van der Waals surface area contributed by atoms with Crippen molar-refractivity contribution in [3.63, 3.8) is 0 Å². The van der Waals surface area contributed by atoms with E-state index >= 15 is 0 Å². The maximum atomic E-state index is 12.5. The van der Waals surface area contributed by atoms with Crippen molar-refractivity contribution < 1.29 is 24.2 Å². The minimum Gasteiger partial charge on any atom is -0.482 e. The average molecular weight is 370 g/mol. The summed E-state index contributed by atoms with van der Waals surface area (Å²) in [6.45, 7) is 1.90. The Morgan fingerprint density at radius 1 is 1.00 bits per heavy atom. The normalized spacial score (nSPS) is 10.1. The number of carbonyl (C=O) groups excluding carboxylic acids is 2. The second-order valence-electron chi connectivity index (χ2n) is 6.09. The van der Waals surface area contributed by atoms with Crippen molar-refractivity contribution in [2.75, 3.05) is 13.7 Å². The molecule has 0 aliphatic rings. The molecule has 0 saturated carbocycles. The summed E-state index contributed by atoms with van der Waals surface area (Å²) < 4.78 is 5.08. The summed E-state index contributed by atoms with van der Waals surface area (Å²) in [7, 11) is 1.71. The van der Waals surface area contributed by atoms with Gasteiger partial charge in [0.2, 0.25) is 5.91 Å². The number of ether oxygens (including phenoxy) is 1. The minimum absolute atomic E-state index is 0.103. The van der Waals surface area contributed by atoms with Gasteiger partial charge in [0.15, 0.2) is 6.61 Å². The van der Waals surface area contributed by atoms with E-state index in [-0.39, 0.29) is 11.8 Å². The quantitative estimate of drug-likeness (QED) is 0.741. The number of benzene rings is 2. The van der Waals surface area contributed by atoms with Crippen LogP contribution in [0.3, 0.4) is 0 Å². The highest BCUT2D eigenvalue weighted by molar-refractivity contribution is 5.94. The molecule has 2 aromatic rings. The Bertz CT molecular complexity index is 800. The summed E-state index contributed by atoms with van der Waals surface area (Å²) in [6.07, 6.45) is 0. The van der Waals surface area contributed by atoms with Crippen molar-refractivity contribution >= 4 is 17.8 Å². The van der Waals surface area contributed by atoms with Crippen LogP contribution >= 0.6 is 0 Å². The van der Waals surface area contributed by atoms with Crippen LogP contribution in [-0.4, -0.2) is 41.4 Å². The Hall–Kier alpha value is -3.35. The first-order chi connectivity index (χ1) is 12.8. The van der Waals surface area contributed by atoms with Gasteiger partial charge < -0.3 is 20.1 Å². The zero-order valence-corrected chi connectivity index (χ0v) is 15.3. The number of rotatable bonds is 8. The molecule has 2 N–H and O–H groups in total. The van der Waals surface area contributed by atoms with E-state index in [1.165, 1.54) is 6.92 Å². The van der Waals surface area contributed by atoms with Gasteiger partial charge in [0, 0.05) is 32.6 Å². The summed E-state index contributed by atoms with van der Waals surface area (Å²) in [5, 5.41) is 11.3. The van der Waals surface area contributed by atoms with Gasteiger partial charge in [-0.3, -0.25) is 9.59 Å². The second kappa shape index (κ2) is 9.38. The van der Waals surface area contributed by atoms with Gasteiger partial charge in [-0.15, -0.1) is 0 Å². The van der Waals surface area contributed by atoms with E-state index in [2.05, 4.69) is 5.32 Å². The van der Waals surface area contributed by atoms with E-state index in [9.17, 15) is 14.4 Å². The highest BCUT2D eigenvalue weighted by Gasteiger charge is 2.12. The number of amides is 2. The van der Waals surface area contributed by atoms with Crippen LogP contribution in [0.25, 0.3) is 0 Å². The molecule has 2 rings (SSSR count). The van der Waals surface area contributed by atoms with Gasteiger partial charge in [-0.05, 0) is 35.4 Å². The molecular formula is C20H22N2O5. The molecular weight excluding hydrogens is 348 g/mol. The fourth-order valence-corrected chi connectivity index (χ4v) is 2.39. The van der Waals surface area contributed by atoms with Crippen molar-refractivity contribution in [1.29, 1.82) is 0 Å². The fraction of sp³-hybridized carbons (Fsp3) is 0.250. The highest BCUT2D eigenvalue weighted by atomic mass is 16.5. The number of carbonyl (C=O) groups is 3. The van der Waals surface area contributed by atoms with Gasteiger partial charge >= 0.3 is 5.97 Å². The fourth-order valence-electron chi connectivity index (χ4n) is 2.39. The lowest BCUT2D eigenvalue weighted by molar-refractivity contribution is -0.139. The average Bonchev–Trinajstić information content (AvgIpc) is 2.65. The molecule has 0 saturated heterocycles. The largest absolute Gasteiger partial charge is 0.482 e. The zero-order valence-electron chi connectivity index (χ0n) is 15.3. The van der Waals surface area contributed by atoms with E-state index in [0.717, 1.165) is 11.1 Å². The third kappa shape index (κ3) is 6.47. The monoisotopic (exact) mass is 370 g/mol. The van der Waals surface area contributed by atoms with Crippen molar-refractivity contribution in [2.45, 2.75) is 20.0 Å². The maximum Gasteiger partial charge on any atom is 0.341 e. The maximum absolute atomic E-state index is 12.5. The molecule has 0 aliphatic carbocycles. The molecule has 0 atom stereocenters. The summed E-state index contributed by atoms with van der Waals surface area (Å²) in [5.41, 5.74) is 2.38. The van der Waals surface area contributed by atoms with E-state index in [4.69, 9.17) is 9.84 Å². The van der Waals surface area contributed by atoms with Crippen LogP contribution in [0.1, 0.15) is 28.4 Å². The van der Waals surface area contributed by atoms with Crippen LogP contribution in [0.15, 0.2) is 48.5 Å². The van der Waals surface area contributed by atoms with E-state index in [0.29, 0.717) is 24.4 Å². The number of nitrogens with zero attached hydrogens (tertiary/aromatic N) is 1. The number of carboxylic acid groups (broad SMARTS) is 1. The number of hydrogen-bond donors (Lipinski definition) is 2. The topological polar surface area (TPSA) is 95.9 Å². The van der Waals surface area contributed by atoms with Crippen LogP contribution < -0.4 is 10.1 Å². The zero-order chi connectivity index (χ0) is 19.8. The van der Waals surface area contributed by atoms with Crippen molar-refractivity contribution in [2.24, 2.45) is 0 Å². The smallest absolute Gasteiger partial charge is 0.341 e. The number of hydrogen-bond acceptors (Lipinski definition) is 4. The Kier molecular flexibility index (Phi) is 6.93. The molecule has 7 heteroatoms. The predicted molar refractivity (Wildman–Crippen MR) is 99.3 cm³/mol. The van der Waals surface area contributed by atoms with Crippen molar-refractivity contribution in [3.8, 4) is 5.75 Å². The molecule has 2 aromatic carbocycles. The second-order valence-corrected chi connectivity index (χ2v) is 6.09. The van der Waals surface area contributed by atoms with Gasteiger partial charge in [-0.25, -0.2) is 4.79 Å². The molecule has 0 aliphatic heterocycles. The third-order valence-corrected chi connectivity index (χ3v) is 3.79.